The number of hydrogen-bond donors (Lipinski definition) is 1. The van der Waals surface area contributed by atoms with E-state index in [-0.39, 0.29) is 0 Å². The Kier molecular flexibility index (Phi) is 4.65. The Morgan fingerprint density at radius 3 is 2.19 bits per heavy atom. The third kappa shape index (κ3) is 3.43. The Balaban J connectivity index is 3.12. The molecule has 0 aliphatic heterocycles. The van der Waals surface area contributed by atoms with Crippen molar-refractivity contribution in [1.29, 1.82) is 0 Å². The number of likely N-dealkylation sites (N-methyl/N-ethyl adjacent to an activating group) is 1. The van der Waals surface area contributed by atoms with Crippen molar-refractivity contribution in [3.05, 3.63) is 42.1 Å². The summed E-state index contributed by atoms with van der Waals surface area (Å²) in [5.41, 5.74) is 2.28. The van der Waals surface area contributed by atoms with Gasteiger partial charge in [-0.3, -0.25) is 0 Å². The van der Waals surface area contributed by atoms with Gasteiger partial charge < -0.3 is 9.80 Å². The second-order valence-corrected chi connectivity index (χ2v) is 4.59. The fraction of sp³-hybridized carbons (Fsp3) is 0.308. The molecule has 0 amide bonds. The molecule has 0 aromatic heterocycles. The van der Waals surface area contributed by atoms with E-state index in [1.807, 2.05) is 37.2 Å². The highest BCUT2D eigenvalue weighted by molar-refractivity contribution is 7.81. The molecular weight excluding hydrogens is 216 g/mol. The van der Waals surface area contributed by atoms with Crippen LogP contribution in [0.3, 0.4) is 0 Å². The minimum atomic E-state index is 0.868. The quantitative estimate of drug-likeness (QED) is 0.619. The summed E-state index contributed by atoms with van der Waals surface area (Å²) >= 11 is 5.44. The predicted molar refractivity (Wildman–Crippen MR) is 73.5 cm³/mol. The first-order valence-electron chi connectivity index (χ1n) is 5.31. The predicted octanol–water partition coefficient (Wildman–Crippen LogP) is 1.06. The Morgan fingerprint density at radius 1 is 1.19 bits per heavy atom. The van der Waals surface area contributed by atoms with Gasteiger partial charge in [0, 0.05) is 14.1 Å². The molecule has 0 radical (unpaired) electrons. The summed E-state index contributed by atoms with van der Waals surface area (Å²) < 4.78 is 0. The zero-order chi connectivity index (χ0) is 12.1. The molecule has 0 saturated carbocycles. The minimum absolute atomic E-state index is 0.868. The van der Waals surface area contributed by atoms with Crippen LogP contribution in [0.5, 0.6) is 0 Å². The fourth-order valence-electron chi connectivity index (χ4n) is 1.42. The molecule has 16 heavy (non-hydrogen) atoms. The second kappa shape index (κ2) is 5.77. The summed E-state index contributed by atoms with van der Waals surface area (Å²) in [5, 5.41) is 0. The van der Waals surface area contributed by atoms with Crippen LogP contribution in [0.15, 0.2) is 36.5 Å². The maximum absolute atomic E-state index is 5.44. The molecule has 2 nitrogen and oxygen atoms in total. The van der Waals surface area contributed by atoms with Gasteiger partial charge in [-0.25, -0.2) is 0 Å². The molecule has 0 spiro atoms. The Morgan fingerprint density at radius 2 is 1.75 bits per heavy atom. The Hall–Kier alpha value is -1.19. The van der Waals surface area contributed by atoms with Gasteiger partial charge in [0.05, 0.1) is 19.7 Å². The van der Waals surface area contributed by atoms with E-state index in [2.05, 4.69) is 32.4 Å². The molecule has 0 saturated heterocycles. The molecule has 0 aliphatic rings. The lowest BCUT2D eigenvalue weighted by Crippen LogP contribution is -3.00. The highest BCUT2D eigenvalue weighted by Gasteiger charge is 2.11. The van der Waals surface area contributed by atoms with E-state index < -0.39 is 0 Å². The molecule has 0 fully saturated rings. The topological polar surface area (TPSA) is 7.68 Å². The second-order valence-electron chi connectivity index (χ2n) is 4.20. The van der Waals surface area contributed by atoms with E-state index in [9.17, 15) is 0 Å². The number of rotatable bonds is 3. The van der Waals surface area contributed by atoms with Crippen molar-refractivity contribution < 1.29 is 4.90 Å². The van der Waals surface area contributed by atoms with Crippen molar-refractivity contribution in [2.45, 2.75) is 0 Å². The van der Waals surface area contributed by atoms with E-state index in [1.165, 1.54) is 10.5 Å². The van der Waals surface area contributed by atoms with Crippen LogP contribution < -0.4 is 4.90 Å². The smallest absolute Gasteiger partial charge is 0.114 e. The summed E-state index contributed by atoms with van der Waals surface area (Å²) in [5.74, 6) is 0. The molecule has 0 atom stereocenters. The molecular formula is C13H19N2S+. The zero-order valence-electron chi connectivity index (χ0n) is 10.3. The molecule has 86 valence electrons. The van der Waals surface area contributed by atoms with Gasteiger partial charge in [-0.1, -0.05) is 42.5 Å². The van der Waals surface area contributed by atoms with Gasteiger partial charge in [0.2, 0.25) is 0 Å². The summed E-state index contributed by atoms with van der Waals surface area (Å²) in [7, 11) is 8.12. The highest BCUT2D eigenvalue weighted by atomic mass is 32.1. The SMILES string of the molecule is CN(C)C(=S)/C(=C/[NH+](C)C)c1ccccc1. The summed E-state index contributed by atoms with van der Waals surface area (Å²) in [4.78, 5) is 4.09. The molecule has 1 aromatic carbocycles. The van der Waals surface area contributed by atoms with Crippen molar-refractivity contribution in [3.63, 3.8) is 0 Å². The Bertz CT molecular complexity index is 380. The van der Waals surface area contributed by atoms with Crippen molar-refractivity contribution in [2.75, 3.05) is 28.2 Å². The number of nitrogens with one attached hydrogen (secondary N) is 1. The maximum Gasteiger partial charge on any atom is 0.114 e. The molecule has 1 N–H and O–H groups in total. The van der Waals surface area contributed by atoms with Gasteiger partial charge in [-0.15, -0.1) is 0 Å². The fourth-order valence-corrected chi connectivity index (χ4v) is 1.59. The van der Waals surface area contributed by atoms with Crippen LogP contribution in [-0.4, -0.2) is 38.1 Å². The number of thiocarbonyl (C=S) groups is 1. The van der Waals surface area contributed by atoms with Gasteiger partial charge in [0.15, 0.2) is 0 Å². The van der Waals surface area contributed by atoms with E-state index in [1.54, 1.807) is 0 Å². The summed E-state index contributed by atoms with van der Waals surface area (Å²) in [6.07, 6.45) is 2.14. The number of nitrogens with zero attached hydrogens (tertiary/aromatic N) is 1. The largest absolute Gasteiger partial charge is 0.368 e. The zero-order valence-corrected chi connectivity index (χ0v) is 11.1. The van der Waals surface area contributed by atoms with Crippen LogP contribution in [0.1, 0.15) is 5.56 Å². The van der Waals surface area contributed by atoms with Gasteiger partial charge in [0.25, 0.3) is 0 Å². The average Bonchev–Trinajstić information content (AvgIpc) is 2.26. The van der Waals surface area contributed by atoms with E-state index in [0.717, 1.165) is 10.6 Å². The van der Waals surface area contributed by atoms with Crippen molar-refractivity contribution in [2.24, 2.45) is 0 Å². The lowest BCUT2D eigenvalue weighted by atomic mass is 10.1. The van der Waals surface area contributed by atoms with E-state index in [4.69, 9.17) is 12.2 Å². The Labute approximate surface area is 103 Å². The van der Waals surface area contributed by atoms with Crippen LogP contribution in [0, 0.1) is 0 Å². The third-order valence-corrected chi connectivity index (χ3v) is 2.74. The molecule has 0 bridgehead atoms. The maximum atomic E-state index is 5.44. The van der Waals surface area contributed by atoms with Crippen molar-refractivity contribution in [3.8, 4) is 0 Å². The minimum Gasteiger partial charge on any atom is -0.368 e. The lowest BCUT2D eigenvalue weighted by molar-refractivity contribution is -0.800. The molecule has 0 unspecified atom stereocenters. The van der Waals surface area contributed by atoms with Gasteiger partial charge in [0.1, 0.15) is 11.2 Å². The number of hydrogen-bond acceptors (Lipinski definition) is 1. The molecule has 0 heterocycles. The van der Waals surface area contributed by atoms with Crippen LogP contribution in [-0.2, 0) is 0 Å². The molecule has 0 aliphatic carbocycles. The van der Waals surface area contributed by atoms with Gasteiger partial charge >= 0.3 is 0 Å². The van der Waals surface area contributed by atoms with E-state index >= 15 is 0 Å². The van der Waals surface area contributed by atoms with E-state index in [0.29, 0.717) is 0 Å². The van der Waals surface area contributed by atoms with Crippen LogP contribution in [0.2, 0.25) is 0 Å². The van der Waals surface area contributed by atoms with Crippen molar-refractivity contribution >= 4 is 22.8 Å². The summed E-state index contributed by atoms with van der Waals surface area (Å²) in [6.45, 7) is 0. The van der Waals surface area contributed by atoms with Crippen LogP contribution in [0.4, 0.5) is 0 Å². The first-order chi connectivity index (χ1) is 7.52. The van der Waals surface area contributed by atoms with Crippen LogP contribution in [0.25, 0.3) is 5.57 Å². The highest BCUT2D eigenvalue weighted by Crippen LogP contribution is 2.15. The lowest BCUT2D eigenvalue weighted by Gasteiger charge is -2.17. The van der Waals surface area contributed by atoms with Crippen LogP contribution >= 0.6 is 12.2 Å². The van der Waals surface area contributed by atoms with Gasteiger partial charge in [-0.2, -0.15) is 0 Å². The monoisotopic (exact) mass is 235 g/mol. The number of benzene rings is 1. The standard InChI is InChI=1S/C13H18N2S/c1-14(2)10-12(13(16)15(3)4)11-8-6-5-7-9-11/h5-10H,1-4H3/p+1/b12-10+. The molecule has 1 aromatic rings. The summed E-state index contributed by atoms with van der Waals surface area (Å²) in [6, 6.07) is 10.3. The number of quaternary nitrogens is 1. The average molecular weight is 235 g/mol. The first-order valence-corrected chi connectivity index (χ1v) is 5.72. The normalized spacial score (nSPS) is 11.7. The molecule has 3 heteroatoms. The molecule has 1 rings (SSSR count). The third-order valence-electron chi connectivity index (χ3n) is 2.15. The van der Waals surface area contributed by atoms with Crippen molar-refractivity contribution in [1.82, 2.24) is 4.90 Å². The van der Waals surface area contributed by atoms with Gasteiger partial charge in [-0.05, 0) is 5.56 Å². The first kappa shape index (κ1) is 12.9.